The quantitative estimate of drug-likeness (QED) is 0.272. The smallest absolute Gasteiger partial charge is 0.248 e. The maximum absolute atomic E-state index is 13.7. The van der Waals surface area contributed by atoms with E-state index in [0.29, 0.717) is 33.4 Å². The van der Waals surface area contributed by atoms with Gasteiger partial charge in [-0.15, -0.1) is 11.3 Å². The van der Waals surface area contributed by atoms with Gasteiger partial charge in [0.15, 0.2) is 5.78 Å². The molecule has 0 unspecified atom stereocenters. The fraction of sp³-hybridized carbons (Fsp3) is 0.385. The normalized spacial score (nSPS) is 22.5. The van der Waals surface area contributed by atoms with Crippen molar-refractivity contribution in [1.29, 1.82) is 0 Å². The summed E-state index contributed by atoms with van der Waals surface area (Å²) in [4.78, 5) is 50.2. The SMILES string of the molecule is CC(=O)c1nn(CC(=O)N2[C@H](C(=O)Nc3nc(Br)ccc3C)C[C@@]3(C)C[C@@H]23)c2cc3nc(C)sc3cc12. The maximum atomic E-state index is 13.7. The predicted octanol–water partition coefficient (Wildman–Crippen LogP) is 4.64. The first kappa shape index (κ1) is 24.2. The van der Waals surface area contributed by atoms with Gasteiger partial charge < -0.3 is 10.2 Å². The topological polar surface area (TPSA) is 110 Å². The molecule has 9 nitrogen and oxygen atoms in total. The van der Waals surface area contributed by atoms with Crippen molar-refractivity contribution in [2.75, 3.05) is 5.32 Å². The summed E-state index contributed by atoms with van der Waals surface area (Å²) in [7, 11) is 0. The van der Waals surface area contributed by atoms with Gasteiger partial charge in [-0.1, -0.05) is 13.0 Å². The van der Waals surface area contributed by atoms with Gasteiger partial charge in [0.2, 0.25) is 11.8 Å². The van der Waals surface area contributed by atoms with Gasteiger partial charge in [-0.3, -0.25) is 19.1 Å². The highest BCUT2D eigenvalue weighted by Crippen LogP contribution is 2.59. The van der Waals surface area contributed by atoms with Crippen molar-refractivity contribution >= 4 is 71.8 Å². The van der Waals surface area contributed by atoms with Crippen LogP contribution in [0.3, 0.4) is 0 Å². The number of anilines is 1. The van der Waals surface area contributed by atoms with Gasteiger partial charge in [0.25, 0.3) is 0 Å². The molecule has 1 aliphatic carbocycles. The molecule has 4 heterocycles. The van der Waals surface area contributed by atoms with Crippen molar-refractivity contribution in [3.63, 3.8) is 0 Å². The van der Waals surface area contributed by atoms with E-state index in [-0.39, 0.29) is 35.6 Å². The number of amides is 2. The highest BCUT2D eigenvalue weighted by molar-refractivity contribution is 9.10. The van der Waals surface area contributed by atoms with E-state index < -0.39 is 6.04 Å². The summed E-state index contributed by atoms with van der Waals surface area (Å²) in [5.41, 5.74) is 2.59. The van der Waals surface area contributed by atoms with Gasteiger partial charge in [-0.25, -0.2) is 9.97 Å². The average Bonchev–Trinajstić information content (AvgIpc) is 3.09. The third-order valence-corrected chi connectivity index (χ3v) is 8.89. The fourth-order valence-corrected chi connectivity index (χ4v) is 6.65. The number of hydrogen-bond acceptors (Lipinski definition) is 7. The highest BCUT2D eigenvalue weighted by atomic mass is 79.9. The molecule has 4 aromatic rings. The molecule has 190 valence electrons. The first-order valence-corrected chi connectivity index (χ1v) is 13.7. The number of thiazole rings is 1. The minimum atomic E-state index is -0.599. The highest BCUT2D eigenvalue weighted by Gasteiger charge is 2.64. The second-order valence-corrected chi connectivity index (χ2v) is 12.4. The van der Waals surface area contributed by atoms with Crippen LogP contribution in [0.1, 0.15) is 47.7 Å². The average molecular weight is 581 g/mol. The summed E-state index contributed by atoms with van der Waals surface area (Å²) in [5, 5.41) is 9.08. The number of hydrogen-bond donors (Lipinski definition) is 1. The lowest BCUT2D eigenvalue weighted by Crippen LogP contribution is -2.47. The Morgan fingerprint density at radius 3 is 2.73 bits per heavy atom. The molecule has 1 aromatic carbocycles. The number of aryl methyl sites for hydroxylation is 2. The van der Waals surface area contributed by atoms with Crippen LogP contribution in [0.5, 0.6) is 0 Å². The van der Waals surface area contributed by atoms with Crippen molar-refractivity contribution in [2.45, 2.75) is 59.2 Å². The van der Waals surface area contributed by atoms with E-state index in [2.05, 4.69) is 43.2 Å². The van der Waals surface area contributed by atoms with Crippen LogP contribution in [0, 0.1) is 19.3 Å². The molecule has 0 spiro atoms. The first-order valence-electron chi connectivity index (χ1n) is 12.1. The second-order valence-electron chi connectivity index (χ2n) is 10.3. The van der Waals surface area contributed by atoms with Gasteiger partial charge in [0, 0.05) is 18.4 Å². The summed E-state index contributed by atoms with van der Waals surface area (Å²) < 4.78 is 3.17. The molecule has 0 radical (unpaired) electrons. The Morgan fingerprint density at radius 1 is 1.19 bits per heavy atom. The molecule has 1 N–H and O–H groups in total. The molecule has 2 fully saturated rings. The van der Waals surface area contributed by atoms with Crippen LogP contribution < -0.4 is 5.32 Å². The van der Waals surface area contributed by atoms with Gasteiger partial charge in [0.05, 0.1) is 20.7 Å². The molecular formula is C26H25BrN6O3S. The number of likely N-dealkylation sites (tertiary alicyclic amines) is 1. The number of aromatic nitrogens is 4. The van der Waals surface area contributed by atoms with Crippen molar-refractivity contribution in [2.24, 2.45) is 5.41 Å². The number of halogens is 1. The molecule has 1 saturated heterocycles. The summed E-state index contributed by atoms with van der Waals surface area (Å²) in [6, 6.07) is 6.92. The number of piperidine rings is 1. The number of carbonyl (C=O) groups excluding carboxylic acids is 3. The molecule has 37 heavy (non-hydrogen) atoms. The van der Waals surface area contributed by atoms with Crippen molar-refractivity contribution in [3.8, 4) is 0 Å². The lowest BCUT2D eigenvalue weighted by molar-refractivity contribution is -0.138. The molecule has 6 rings (SSSR count). The third kappa shape index (κ3) is 4.04. The standard InChI is InChI=1S/C26H25BrN6O3S/c1-12-5-6-21(27)29-24(12)30-25(36)18-9-26(4)10-20(26)33(18)22(35)11-32-17-8-16-19(37-14(3)28-16)7-15(17)23(31-32)13(2)34/h5-8,18,20H,9-11H2,1-4H3,(H,29,30,36)/t18-,20+,26-/m0/s1. The zero-order valence-corrected chi connectivity index (χ0v) is 23.2. The Bertz CT molecular complexity index is 1640. The van der Waals surface area contributed by atoms with Crippen molar-refractivity contribution in [3.05, 3.63) is 45.1 Å². The Balaban J connectivity index is 1.32. The Kier molecular flexibility index (Phi) is 5.50. The number of carbonyl (C=O) groups is 3. The minimum Gasteiger partial charge on any atom is -0.325 e. The van der Waals surface area contributed by atoms with Crippen LogP contribution in [0.25, 0.3) is 21.1 Å². The van der Waals surface area contributed by atoms with Gasteiger partial charge in [-0.2, -0.15) is 5.10 Å². The number of benzene rings is 1. The molecular weight excluding hydrogens is 556 g/mol. The van der Waals surface area contributed by atoms with Crippen LogP contribution in [0.15, 0.2) is 28.9 Å². The van der Waals surface area contributed by atoms with E-state index in [0.717, 1.165) is 27.2 Å². The maximum Gasteiger partial charge on any atom is 0.248 e. The Labute approximate surface area is 225 Å². The van der Waals surface area contributed by atoms with E-state index in [9.17, 15) is 14.4 Å². The number of Topliss-reactive ketones (excluding diaryl/α,β-unsaturated/α-hetero) is 1. The van der Waals surface area contributed by atoms with Crippen LogP contribution >= 0.6 is 27.3 Å². The molecule has 2 aliphatic rings. The minimum absolute atomic E-state index is 0.00863. The first-order chi connectivity index (χ1) is 17.5. The lowest BCUT2D eigenvalue weighted by atomic mass is 10.0. The van der Waals surface area contributed by atoms with Crippen LogP contribution in [0.2, 0.25) is 0 Å². The monoisotopic (exact) mass is 580 g/mol. The molecule has 11 heteroatoms. The second kappa shape index (κ2) is 8.42. The number of ketones is 1. The molecule has 0 bridgehead atoms. The van der Waals surface area contributed by atoms with Crippen LogP contribution in [-0.2, 0) is 16.1 Å². The zero-order valence-electron chi connectivity index (χ0n) is 20.8. The molecule has 1 saturated carbocycles. The third-order valence-electron chi connectivity index (χ3n) is 7.52. The predicted molar refractivity (Wildman–Crippen MR) is 145 cm³/mol. The van der Waals surface area contributed by atoms with Crippen molar-refractivity contribution in [1.82, 2.24) is 24.6 Å². The van der Waals surface area contributed by atoms with Crippen molar-refractivity contribution < 1.29 is 14.4 Å². The zero-order chi connectivity index (χ0) is 26.2. The van der Waals surface area contributed by atoms with E-state index in [1.54, 1.807) is 20.9 Å². The summed E-state index contributed by atoms with van der Waals surface area (Å²) >= 11 is 4.91. The largest absolute Gasteiger partial charge is 0.325 e. The van der Waals surface area contributed by atoms with Gasteiger partial charge >= 0.3 is 0 Å². The van der Waals surface area contributed by atoms with E-state index >= 15 is 0 Å². The van der Waals surface area contributed by atoms with Crippen LogP contribution in [0.4, 0.5) is 5.82 Å². The number of fused-ring (bicyclic) bond motifs is 3. The van der Waals surface area contributed by atoms with E-state index in [4.69, 9.17) is 0 Å². The summed E-state index contributed by atoms with van der Waals surface area (Å²) in [6.07, 6.45) is 1.47. The van der Waals surface area contributed by atoms with E-state index in [1.807, 2.05) is 38.1 Å². The molecule has 3 atom stereocenters. The molecule has 3 aromatic heterocycles. The Hall–Kier alpha value is -3.18. The number of rotatable bonds is 5. The lowest BCUT2D eigenvalue weighted by Gasteiger charge is -2.27. The summed E-state index contributed by atoms with van der Waals surface area (Å²) in [6.45, 7) is 7.34. The number of nitrogens with zero attached hydrogens (tertiary/aromatic N) is 5. The fourth-order valence-electron chi connectivity index (χ4n) is 5.49. The molecule has 2 amide bonds. The van der Waals surface area contributed by atoms with Crippen LogP contribution in [-0.4, -0.2) is 54.3 Å². The molecule has 1 aliphatic heterocycles. The number of nitrogens with one attached hydrogen (secondary N) is 1. The van der Waals surface area contributed by atoms with Gasteiger partial charge in [0.1, 0.15) is 28.7 Å². The van der Waals surface area contributed by atoms with Gasteiger partial charge in [-0.05, 0) is 71.8 Å². The van der Waals surface area contributed by atoms with E-state index in [1.165, 1.54) is 6.92 Å². The summed E-state index contributed by atoms with van der Waals surface area (Å²) in [5.74, 6) is -0.129. The number of pyridine rings is 1. The Morgan fingerprint density at radius 2 is 1.97 bits per heavy atom.